The van der Waals surface area contributed by atoms with Crippen molar-refractivity contribution in [3.8, 4) is 0 Å². The van der Waals surface area contributed by atoms with Crippen LogP contribution in [0, 0.1) is 5.92 Å². The SMILES string of the molecule is CN(C)c1nc(NC2CCC(CNC/C(=C\c3ccco3)c3ccccc3)CC2)nc2ccccc12. The summed E-state index contributed by atoms with van der Waals surface area (Å²) < 4.78 is 5.56. The van der Waals surface area contributed by atoms with E-state index in [-0.39, 0.29) is 0 Å². The highest BCUT2D eigenvalue weighted by Crippen LogP contribution is 2.28. The van der Waals surface area contributed by atoms with E-state index in [4.69, 9.17) is 14.4 Å². The molecule has 2 heterocycles. The van der Waals surface area contributed by atoms with Crippen LogP contribution in [-0.2, 0) is 0 Å². The van der Waals surface area contributed by atoms with Crippen molar-refractivity contribution in [2.24, 2.45) is 5.92 Å². The Morgan fingerprint density at radius 1 is 0.944 bits per heavy atom. The minimum Gasteiger partial charge on any atom is -0.465 e. The molecular formula is C30H35N5O. The van der Waals surface area contributed by atoms with E-state index < -0.39 is 0 Å². The number of hydrogen-bond donors (Lipinski definition) is 2. The van der Waals surface area contributed by atoms with Crippen LogP contribution < -0.4 is 15.5 Å². The highest BCUT2D eigenvalue weighted by Gasteiger charge is 2.22. The van der Waals surface area contributed by atoms with Gasteiger partial charge in [0.25, 0.3) is 0 Å². The van der Waals surface area contributed by atoms with Gasteiger partial charge in [-0.1, -0.05) is 42.5 Å². The van der Waals surface area contributed by atoms with Crippen LogP contribution in [0.4, 0.5) is 11.8 Å². The fraction of sp³-hybridized carbons (Fsp3) is 0.333. The predicted octanol–water partition coefficient (Wildman–Crippen LogP) is 6.09. The molecule has 4 aromatic rings. The van der Waals surface area contributed by atoms with Gasteiger partial charge in [-0.05, 0) is 79.6 Å². The number of anilines is 2. The van der Waals surface area contributed by atoms with Crippen LogP contribution in [0.5, 0.6) is 0 Å². The summed E-state index contributed by atoms with van der Waals surface area (Å²) in [6, 6.07) is 23.1. The lowest BCUT2D eigenvalue weighted by molar-refractivity contribution is 0.328. The Labute approximate surface area is 213 Å². The normalized spacial score (nSPS) is 18.3. The molecule has 0 atom stereocenters. The second-order valence-corrected chi connectivity index (χ2v) is 9.83. The molecule has 0 aliphatic heterocycles. The molecule has 2 aromatic heterocycles. The summed E-state index contributed by atoms with van der Waals surface area (Å²) in [5, 5.41) is 8.41. The van der Waals surface area contributed by atoms with Crippen LogP contribution in [0.1, 0.15) is 37.0 Å². The van der Waals surface area contributed by atoms with Gasteiger partial charge in [0.1, 0.15) is 11.6 Å². The number of nitrogens with one attached hydrogen (secondary N) is 2. The molecule has 1 aliphatic rings. The Hall–Kier alpha value is -3.64. The first-order valence-corrected chi connectivity index (χ1v) is 12.9. The van der Waals surface area contributed by atoms with Crippen molar-refractivity contribution in [2.75, 3.05) is 37.4 Å². The second-order valence-electron chi connectivity index (χ2n) is 9.83. The number of furan rings is 1. The fourth-order valence-electron chi connectivity index (χ4n) is 5.00. The number of para-hydroxylation sites is 1. The molecule has 6 nitrogen and oxygen atoms in total. The lowest BCUT2D eigenvalue weighted by atomic mass is 9.86. The molecule has 0 bridgehead atoms. The number of aromatic nitrogens is 2. The molecule has 5 rings (SSSR count). The van der Waals surface area contributed by atoms with E-state index in [0.29, 0.717) is 12.0 Å². The summed E-state index contributed by atoms with van der Waals surface area (Å²) >= 11 is 0. The fourth-order valence-corrected chi connectivity index (χ4v) is 5.00. The first-order chi connectivity index (χ1) is 17.7. The van der Waals surface area contributed by atoms with Gasteiger partial charge in [0, 0.05) is 32.1 Å². The molecule has 0 amide bonds. The lowest BCUT2D eigenvalue weighted by Crippen LogP contribution is -2.32. The predicted molar refractivity (Wildman–Crippen MR) is 149 cm³/mol. The standard InChI is InChI=1S/C30H35N5O/c1-35(2)29-27-12-6-7-13-28(27)33-30(34-29)32-25-16-14-22(15-17-25)20-31-21-24(19-26-11-8-18-36-26)23-9-4-3-5-10-23/h3-13,18-19,22,25,31H,14-17,20-21H2,1-2H3,(H,32,33,34)/b24-19+. The van der Waals surface area contributed by atoms with Crippen molar-refractivity contribution in [2.45, 2.75) is 31.7 Å². The van der Waals surface area contributed by atoms with Crippen LogP contribution in [0.2, 0.25) is 0 Å². The Bertz CT molecular complexity index is 1280. The second kappa shape index (κ2) is 11.4. The Balaban J connectivity index is 1.15. The maximum absolute atomic E-state index is 5.56. The summed E-state index contributed by atoms with van der Waals surface area (Å²) in [4.78, 5) is 11.7. The van der Waals surface area contributed by atoms with E-state index in [1.165, 1.54) is 24.0 Å². The third kappa shape index (κ3) is 5.94. The Morgan fingerprint density at radius 2 is 1.72 bits per heavy atom. The molecule has 0 saturated heterocycles. The van der Waals surface area contributed by atoms with Crippen LogP contribution >= 0.6 is 0 Å². The van der Waals surface area contributed by atoms with Crippen LogP contribution in [0.25, 0.3) is 22.6 Å². The summed E-state index contributed by atoms with van der Waals surface area (Å²) in [6.07, 6.45) is 8.51. The molecule has 186 valence electrons. The smallest absolute Gasteiger partial charge is 0.225 e. The Kier molecular flexibility index (Phi) is 7.62. The van der Waals surface area contributed by atoms with Gasteiger partial charge in [-0.2, -0.15) is 4.98 Å². The van der Waals surface area contributed by atoms with Crippen LogP contribution in [0.3, 0.4) is 0 Å². The van der Waals surface area contributed by atoms with E-state index in [9.17, 15) is 0 Å². The van der Waals surface area contributed by atoms with Gasteiger partial charge in [-0.3, -0.25) is 0 Å². The van der Waals surface area contributed by atoms with Gasteiger partial charge in [-0.25, -0.2) is 4.98 Å². The van der Waals surface area contributed by atoms with Crippen molar-refractivity contribution in [3.63, 3.8) is 0 Å². The Morgan fingerprint density at radius 3 is 2.47 bits per heavy atom. The van der Waals surface area contributed by atoms with Crippen molar-refractivity contribution in [3.05, 3.63) is 84.3 Å². The molecule has 2 aromatic carbocycles. The zero-order chi connectivity index (χ0) is 24.7. The third-order valence-corrected chi connectivity index (χ3v) is 6.94. The summed E-state index contributed by atoms with van der Waals surface area (Å²) in [5.74, 6) is 3.25. The molecule has 0 radical (unpaired) electrons. The molecule has 0 spiro atoms. The van der Waals surface area contributed by atoms with E-state index in [0.717, 1.165) is 54.4 Å². The number of rotatable bonds is 9. The molecule has 6 heteroatoms. The molecule has 1 aliphatic carbocycles. The van der Waals surface area contributed by atoms with E-state index in [2.05, 4.69) is 64.1 Å². The molecule has 0 unspecified atom stereocenters. The van der Waals surface area contributed by atoms with Gasteiger partial charge in [0.2, 0.25) is 5.95 Å². The first-order valence-electron chi connectivity index (χ1n) is 12.9. The molecular weight excluding hydrogens is 446 g/mol. The van der Waals surface area contributed by atoms with Gasteiger partial charge in [-0.15, -0.1) is 0 Å². The third-order valence-electron chi connectivity index (χ3n) is 6.94. The van der Waals surface area contributed by atoms with Crippen molar-refractivity contribution in [1.82, 2.24) is 15.3 Å². The molecule has 1 fully saturated rings. The molecule has 1 saturated carbocycles. The summed E-state index contributed by atoms with van der Waals surface area (Å²) in [7, 11) is 4.06. The van der Waals surface area contributed by atoms with Crippen molar-refractivity contribution in [1.29, 1.82) is 0 Å². The summed E-state index contributed by atoms with van der Waals surface area (Å²) in [5.41, 5.74) is 3.45. The van der Waals surface area contributed by atoms with Crippen molar-refractivity contribution < 1.29 is 4.42 Å². The lowest BCUT2D eigenvalue weighted by Gasteiger charge is -2.29. The van der Waals surface area contributed by atoms with E-state index in [1.54, 1.807) is 6.26 Å². The quantitative estimate of drug-likeness (QED) is 0.302. The zero-order valence-corrected chi connectivity index (χ0v) is 21.2. The highest BCUT2D eigenvalue weighted by molar-refractivity contribution is 5.90. The minimum atomic E-state index is 0.413. The average molecular weight is 482 g/mol. The molecule has 2 N–H and O–H groups in total. The van der Waals surface area contributed by atoms with Gasteiger partial charge < -0.3 is 20.0 Å². The van der Waals surface area contributed by atoms with E-state index >= 15 is 0 Å². The van der Waals surface area contributed by atoms with Crippen LogP contribution in [0.15, 0.2) is 77.4 Å². The van der Waals surface area contributed by atoms with Gasteiger partial charge in [0.05, 0.1) is 11.8 Å². The number of nitrogens with zero attached hydrogens (tertiary/aromatic N) is 3. The maximum atomic E-state index is 5.56. The largest absolute Gasteiger partial charge is 0.465 e. The molecule has 36 heavy (non-hydrogen) atoms. The summed E-state index contributed by atoms with van der Waals surface area (Å²) in [6.45, 7) is 1.84. The first kappa shape index (κ1) is 24.1. The highest BCUT2D eigenvalue weighted by atomic mass is 16.3. The van der Waals surface area contributed by atoms with Gasteiger partial charge in [0.15, 0.2) is 0 Å². The zero-order valence-electron chi connectivity index (χ0n) is 21.2. The topological polar surface area (TPSA) is 66.2 Å². The minimum absolute atomic E-state index is 0.413. The number of hydrogen-bond acceptors (Lipinski definition) is 6. The van der Waals surface area contributed by atoms with E-state index in [1.807, 2.05) is 38.4 Å². The van der Waals surface area contributed by atoms with Crippen LogP contribution in [-0.4, -0.2) is 43.2 Å². The van der Waals surface area contributed by atoms with Gasteiger partial charge >= 0.3 is 0 Å². The average Bonchev–Trinajstić information content (AvgIpc) is 3.42. The monoisotopic (exact) mass is 481 g/mol. The number of benzene rings is 2. The van der Waals surface area contributed by atoms with Crippen molar-refractivity contribution >= 4 is 34.3 Å². The maximum Gasteiger partial charge on any atom is 0.225 e. The number of fused-ring (bicyclic) bond motifs is 1.